The van der Waals surface area contributed by atoms with Gasteiger partial charge in [-0.15, -0.1) is 11.3 Å². The first-order chi connectivity index (χ1) is 11.1. The minimum Gasteiger partial charge on any atom is -0.309 e. The van der Waals surface area contributed by atoms with E-state index in [4.69, 9.17) is 0 Å². The van der Waals surface area contributed by atoms with Gasteiger partial charge in [-0.2, -0.15) is 5.10 Å². The van der Waals surface area contributed by atoms with E-state index in [0.29, 0.717) is 10.2 Å². The molecule has 7 nitrogen and oxygen atoms in total. The molecule has 0 aliphatic heterocycles. The molecule has 118 valence electrons. The molecule has 1 amide bonds. The maximum absolute atomic E-state index is 12.3. The highest BCUT2D eigenvalue weighted by molar-refractivity contribution is 7.16. The van der Waals surface area contributed by atoms with Crippen molar-refractivity contribution < 1.29 is 4.79 Å². The van der Waals surface area contributed by atoms with Crippen LogP contribution in [0.25, 0.3) is 10.2 Å². The molecule has 0 saturated heterocycles. The van der Waals surface area contributed by atoms with Crippen LogP contribution in [-0.2, 0) is 31.2 Å². The molecule has 23 heavy (non-hydrogen) atoms. The number of hydrogen-bond donors (Lipinski definition) is 1. The molecule has 3 aromatic heterocycles. The summed E-state index contributed by atoms with van der Waals surface area (Å²) in [6.45, 7) is -0.0580. The molecule has 0 radical (unpaired) electrons. The van der Waals surface area contributed by atoms with E-state index in [9.17, 15) is 9.59 Å². The summed E-state index contributed by atoms with van der Waals surface area (Å²) in [6, 6.07) is 1.73. The van der Waals surface area contributed by atoms with Crippen molar-refractivity contribution in [3.8, 4) is 0 Å². The number of thiophene rings is 1. The van der Waals surface area contributed by atoms with Gasteiger partial charge in [-0.05, 0) is 30.7 Å². The second kappa shape index (κ2) is 5.31. The van der Waals surface area contributed by atoms with E-state index in [-0.39, 0.29) is 18.0 Å². The summed E-state index contributed by atoms with van der Waals surface area (Å²) >= 11 is 1.41. The first-order valence-electron chi connectivity index (χ1n) is 7.41. The predicted molar refractivity (Wildman–Crippen MR) is 87.7 cm³/mol. The standard InChI is InChI=1S/C15H15N5O2S/c1-19-13(9-3-2-4-11(9)18-19)17-12(21)7-20-8-16-14-10(15(20)22)5-6-23-14/h5-6,8H,2-4,7H2,1H3,(H,17,21). The second-order valence-corrected chi connectivity index (χ2v) is 6.51. The van der Waals surface area contributed by atoms with E-state index in [1.54, 1.807) is 10.7 Å². The molecule has 0 bridgehead atoms. The Morgan fingerprint density at radius 3 is 3.17 bits per heavy atom. The molecule has 1 aliphatic carbocycles. The van der Waals surface area contributed by atoms with Crippen molar-refractivity contribution in [2.75, 3.05) is 5.32 Å². The van der Waals surface area contributed by atoms with Crippen molar-refractivity contribution in [2.45, 2.75) is 25.8 Å². The quantitative estimate of drug-likeness (QED) is 0.786. The molecule has 0 aromatic carbocycles. The van der Waals surface area contributed by atoms with Gasteiger partial charge in [-0.3, -0.25) is 18.8 Å². The number of aromatic nitrogens is 4. The normalized spacial score (nSPS) is 13.4. The second-order valence-electron chi connectivity index (χ2n) is 5.62. The lowest BCUT2D eigenvalue weighted by atomic mass is 10.2. The number of aryl methyl sites for hydroxylation is 2. The van der Waals surface area contributed by atoms with Crippen molar-refractivity contribution in [3.63, 3.8) is 0 Å². The van der Waals surface area contributed by atoms with E-state index in [1.807, 2.05) is 12.4 Å². The molecular formula is C15H15N5O2S. The summed E-state index contributed by atoms with van der Waals surface area (Å²) in [5, 5.41) is 9.68. The molecule has 3 aromatic rings. The van der Waals surface area contributed by atoms with Crippen LogP contribution in [0.1, 0.15) is 17.7 Å². The molecular weight excluding hydrogens is 314 g/mol. The smallest absolute Gasteiger partial charge is 0.262 e. The van der Waals surface area contributed by atoms with Gasteiger partial charge >= 0.3 is 0 Å². The maximum atomic E-state index is 12.3. The number of anilines is 1. The van der Waals surface area contributed by atoms with Gasteiger partial charge in [0.15, 0.2) is 0 Å². The SMILES string of the molecule is Cn1nc2c(c1NC(=O)Cn1cnc3sccc3c1=O)CCC2. The number of carbonyl (C=O) groups is 1. The first kappa shape index (κ1) is 14.1. The average Bonchev–Trinajstić information content (AvgIpc) is 3.21. The van der Waals surface area contributed by atoms with Gasteiger partial charge in [0.25, 0.3) is 5.56 Å². The molecule has 8 heteroatoms. The molecule has 1 N–H and O–H groups in total. The third-order valence-electron chi connectivity index (χ3n) is 4.09. The van der Waals surface area contributed by atoms with E-state index >= 15 is 0 Å². The topological polar surface area (TPSA) is 81.8 Å². The zero-order chi connectivity index (χ0) is 16.0. The van der Waals surface area contributed by atoms with Crippen molar-refractivity contribution in [1.29, 1.82) is 0 Å². The number of rotatable bonds is 3. The van der Waals surface area contributed by atoms with Crippen molar-refractivity contribution in [1.82, 2.24) is 19.3 Å². The van der Waals surface area contributed by atoms with Crippen LogP contribution in [0.3, 0.4) is 0 Å². The first-order valence-corrected chi connectivity index (χ1v) is 8.28. The van der Waals surface area contributed by atoms with Crippen LogP contribution in [0, 0.1) is 0 Å². The van der Waals surface area contributed by atoms with Crippen LogP contribution in [0.15, 0.2) is 22.6 Å². The van der Waals surface area contributed by atoms with Gasteiger partial charge in [-0.1, -0.05) is 0 Å². The van der Waals surface area contributed by atoms with Crippen molar-refractivity contribution >= 4 is 33.3 Å². The Hall–Kier alpha value is -2.48. The summed E-state index contributed by atoms with van der Waals surface area (Å²) in [6.07, 6.45) is 4.38. The van der Waals surface area contributed by atoms with Crippen LogP contribution < -0.4 is 10.9 Å². The monoisotopic (exact) mass is 329 g/mol. The van der Waals surface area contributed by atoms with E-state index in [0.717, 1.165) is 36.3 Å². The summed E-state index contributed by atoms with van der Waals surface area (Å²) in [5.74, 6) is 0.487. The highest BCUT2D eigenvalue weighted by Gasteiger charge is 2.22. The third kappa shape index (κ3) is 2.35. The summed E-state index contributed by atoms with van der Waals surface area (Å²) in [4.78, 5) is 29.5. The Labute approximate surface area is 135 Å². The van der Waals surface area contributed by atoms with Crippen LogP contribution >= 0.6 is 11.3 Å². The number of nitrogens with one attached hydrogen (secondary N) is 1. The average molecular weight is 329 g/mol. The molecule has 0 fully saturated rings. The van der Waals surface area contributed by atoms with Crippen molar-refractivity contribution in [3.05, 3.63) is 39.4 Å². The zero-order valence-corrected chi connectivity index (χ0v) is 13.4. The van der Waals surface area contributed by atoms with E-state index < -0.39 is 0 Å². The van der Waals surface area contributed by atoms with Gasteiger partial charge in [0.1, 0.15) is 17.2 Å². The lowest BCUT2D eigenvalue weighted by Gasteiger charge is -2.09. The number of amides is 1. The highest BCUT2D eigenvalue weighted by atomic mass is 32.1. The molecule has 1 aliphatic rings. The molecule has 4 rings (SSSR count). The molecule has 0 atom stereocenters. The van der Waals surface area contributed by atoms with E-state index in [1.165, 1.54) is 22.2 Å². The van der Waals surface area contributed by atoms with E-state index in [2.05, 4.69) is 15.4 Å². The lowest BCUT2D eigenvalue weighted by Crippen LogP contribution is -2.28. The third-order valence-corrected chi connectivity index (χ3v) is 4.91. The fourth-order valence-corrected chi connectivity index (χ4v) is 3.73. The number of carbonyl (C=O) groups excluding carboxylic acids is 1. The van der Waals surface area contributed by atoms with Crippen LogP contribution in [0.2, 0.25) is 0 Å². The van der Waals surface area contributed by atoms with Gasteiger partial charge < -0.3 is 5.32 Å². The molecule has 0 spiro atoms. The summed E-state index contributed by atoms with van der Waals surface area (Å²) in [7, 11) is 1.82. The number of fused-ring (bicyclic) bond motifs is 2. The minimum atomic E-state index is -0.249. The Morgan fingerprint density at radius 2 is 2.30 bits per heavy atom. The summed E-state index contributed by atoms with van der Waals surface area (Å²) in [5.41, 5.74) is 1.97. The van der Waals surface area contributed by atoms with Gasteiger partial charge in [0, 0.05) is 12.6 Å². The Balaban J connectivity index is 1.58. The maximum Gasteiger partial charge on any atom is 0.262 e. The minimum absolute atomic E-state index is 0.0580. The lowest BCUT2D eigenvalue weighted by molar-refractivity contribution is -0.116. The number of hydrogen-bond acceptors (Lipinski definition) is 5. The fourth-order valence-electron chi connectivity index (χ4n) is 3.01. The number of nitrogens with zero attached hydrogens (tertiary/aromatic N) is 4. The summed E-state index contributed by atoms with van der Waals surface area (Å²) < 4.78 is 3.03. The largest absolute Gasteiger partial charge is 0.309 e. The Bertz CT molecular complexity index is 968. The van der Waals surface area contributed by atoms with Gasteiger partial charge in [-0.25, -0.2) is 4.98 Å². The van der Waals surface area contributed by atoms with Crippen molar-refractivity contribution in [2.24, 2.45) is 7.05 Å². The Kier molecular flexibility index (Phi) is 3.26. The van der Waals surface area contributed by atoms with Gasteiger partial charge in [0.2, 0.25) is 5.91 Å². The zero-order valence-electron chi connectivity index (χ0n) is 12.6. The van der Waals surface area contributed by atoms with Crippen LogP contribution in [0.4, 0.5) is 5.82 Å². The Morgan fingerprint density at radius 1 is 1.43 bits per heavy atom. The molecule has 3 heterocycles. The predicted octanol–water partition coefficient (Wildman–Crippen LogP) is 1.32. The van der Waals surface area contributed by atoms with Gasteiger partial charge in [0.05, 0.1) is 17.4 Å². The highest BCUT2D eigenvalue weighted by Crippen LogP contribution is 2.27. The molecule has 0 saturated carbocycles. The molecule has 0 unspecified atom stereocenters. The fraction of sp³-hybridized carbons (Fsp3) is 0.333. The van der Waals surface area contributed by atoms with Crippen LogP contribution in [0.5, 0.6) is 0 Å². The van der Waals surface area contributed by atoms with Crippen LogP contribution in [-0.4, -0.2) is 25.2 Å².